The van der Waals surface area contributed by atoms with Gasteiger partial charge in [0.15, 0.2) is 0 Å². The van der Waals surface area contributed by atoms with E-state index < -0.39 is 5.54 Å². The van der Waals surface area contributed by atoms with Crippen molar-refractivity contribution in [2.75, 3.05) is 0 Å². The van der Waals surface area contributed by atoms with Gasteiger partial charge in [0.25, 0.3) is 0 Å². The average molecular weight is 274 g/mol. The molecule has 0 spiro atoms. The van der Waals surface area contributed by atoms with Crippen LogP contribution < -0.4 is 11.1 Å². The normalized spacial score (nSPS) is 22.0. The quantitative estimate of drug-likeness (QED) is 0.890. The summed E-state index contributed by atoms with van der Waals surface area (Å²) in [7, 11) is 0. The zero-order chi connectivity index (χ0) is 14.8. The maximum atomic E-state index is 12.5. The number of carbonyl (C=O) groups excluding carboxylic acids is 1. The molecule has 1 fully saturated rings. The first kappa shape index (κ1) is 15.0. The Morgan fingerprint density at radius 2 is 1.80 bits per heavy atom. The van der Waals surface area contributed by atoms with Crippen LogP contribution in [-0.4, -0.2) is 11.9 Å². The molecule has 20 heavy (non-hydrogen) atoms. The molecule has 1 aromatic rings. The summed E-state index contributed by atoms with van der Waals surface area (Å²) in [6.45, 7) is 6.37. The largest absolute Gasteiger partial charge is 0.351 e. The lowest BCUT2D eigenvalue weighted by Crippen LogP contribution is -2.52. The molecule has 0 bridgehead atoms. The van der Waals surface area contributed by atoms with Gasteiger partial charge in [0.2, 0.25) is 5.91 Å². The van der Waals surface area contributed by atoms with Crippen LogP contribution in [0.4, 0.5) is 0 Å². The highest BCUT2D eigenvalue weighted by atomic mass is 16.2. The Morgan fingerprint density at radius 1 is 1.25 bits per heavy atom. The molecule has 1 unspecified atom stereocenters. The highest BCUT2D eigenvalue weighted by Crippen LogP contribution is 2.35. The summed E-state index contributed by atoms with van der Waals surface area (Å²) < 4.78 is 0. The molecule has 110 valence electrons. The van der Waals surface area contributed by atoms with Gasteiger partial charge in [-0.15, -0.1) is 0 Å². The van der Waals surface area contributed by atoms with Gasteiger partial charge in [-0.25, -0.2) is 0 Å². The number of rotatable bonds is 3. The number of hydrogen-bond donors (Lipinski definition) is 2. The van der Waals surface area contributed by atoms with E-state index in [1.54, 1.807) is 6.92 Å². The molecular formula is C17H26N2O. The minimum Gasteiger partial charge on any atom is -0.351 e. The van der Waals surface area contributed by atoms with Gasteiger partial charge in [-0.2, -0.15) is 0 Å². The van der Waals surface area contributed by atoms with E-state index in [0.29, 0.717) is 5.41 Å². The van der Waals surface area contributed by atoms with E-state index in [4.69, 9.17) is 5.73 Å². The number of hydrogen-bond acceptors (Lipinski definition) is 2. The Bertz CT molecular complexity index is 455. The van der Waals surface area contributed by atoms with Crippen molar-refractivity contribution < 1.29 is 4.79 Å². The van der Waals surface area contributed by atoms with Crippen LogP contribution in [0.5, 0.6) is 0 Å². The fraction of sp³-hybridized carbons (Fsp3) is 0.588. The van der Waals surface area contributed by atoms with Crippen LogP contribution in [0.3, 0.4) is 0 Å². The topological polar surface area (TPSA) is 55.1 Å². The van der Waals surface area contributed by atoms with Gasteiger partial charge in [-0.1, -0.05) is 44.2 Å². The van der Waals surface area contributed by atoms with E-state index in [-0.39, 0.29) is 11.9 Å². The van der Waals surface area contributed by atoms with Crippen molar-refractivity contribution in [3.05, 3.63) is 35.9 Å². The molecule has 1 amide bonds. The summed E-state index contributed by atoms with van der Waals surface area (Å²) in [4.78, 5) is 12.5. The maximum Gasteiger partial charge on any atom is 0.244 e. The number of amides is 1. The molecule has 0 aliphatic heterocycles. The van der Waals surface area contributed by atoms with Crippen LogP contribution >= 0.6 is 0 Å². The lowest BCUT2D eigenvalue weighted by atomic mass is 9.75. The van der Waals surface area contributed by atoms with Crippen molar-refractivity contribution in [1.29, 1.82) is 0 Å². The van der Waals surface area contributed by atoms with Crippen molar-refractivity contribution in [3.63, 3.8) is 0 Å². The molecule has 3 heteroatoms. The van der Waals surface area contributed by atoms with Gasteiger partial charge < -0.3 is 11.1 Å². The van der Waals surface area contributed by atoms with Crippen LogP contribution in [0.25, 0.3) is 0 Å². The van der Waals surface area contributed by atoms with E-state index in [1.807, 2.05) is 30.3 Å². The van der Waals surface area contributed by atoms with Crippen molar-refractivity contribution in [2.45, 2.75) is 58.0 Å². The van der Waals surface area contributed by atoms with Crippen LogP contribution in [0.15, 0.2) is 30.3 Å². The Morgan fingerprint density at radius 3 is 2.35 bits per heavy atom. The number of nitrogens with one attached hydrogen (secondary N) is 1. The summed E-state index contributed by atoms with van der Waals surface area (Å²) in [5.74, 6) is -0.0755. The van der Waals surface area contributed by atoms with Gasteiger partial charge in [-0.3, -0.25) is 4.79 Å². The SMILES string of the molecule is CC1(C)CCC(NC(=O)C(C)(N)c2ccccc2)CC1. The molecule has 1 aliphatic rings. The molecule has 0 heterocycles. The second-order valence-electron chi connectivity index (χ2n) is 6.98. The zero-order valence-corrected chi connectivity index (χ0v) is 12.8. The monoisotopic (exact) mass is 274 g/mol. The lowest BCUT2D eigenvalue weighted by Gasteiger charge is -2.36. The summed E-state index contributed by atoms with van der Waals surface area (Å²) in [5, 5.41) is 3.13. The number of carbonyl (C=O) groups is 1. The molecule has 1 aromatic carbocycles. The Kier molecular flexibility index (Phi) is 4.19. The van der Waals surface area contributed by atoms with E-state index in [1.165, 1.54) is 0 Å². The van der Waals surface area contributed by atoms with Gasteiger partial charge in [-0.05, 0) is 43.6 Å². The Hall–Kier alpha value is -1.35. The van der Waals surface area contributed by atoms with Crippen LogP contribution in [0, 0.1) is 5.41 Å². The summed E-state index contributed by atoms with van der Waals surface area (Å²) in [6, 6.07) is 9.84. The van der Waals surface area contributed by atoms with Crippen molar-refractivity contribution >= 4 is 5.91 Å². The summed E-state index contributed by atoms with van der Waals surface area (Å²) >= 11 is 0. The molecule has 0 radical (unpaired) electrons. The summed E-state index contributed by atoms with van der Waals surface area (Å²) in [6.07, 6.45) is 4.41. The molecule has 1 aliphatic carbocycles. The fourth-order valence-corrected chi connectivity index (χ4v) is 2.79. The van der Waals surface area contributed by atoms with E-state index in [0.717, 1.165) is 31.2 Å². The first-order valence-corrected chi connectivity index (χ1v) is 7.47. The third-order valence-corrected chi connectivity index (χ3v) is 4.52. The van der Waals surface area contributed by atoms with Gasteiger partial charge >= 0.3 is 0 Å². The second kappa shape index (κ2) is 5.57. The third-order valence-electron chi connectivity index (χ3n) is 4.52. The number of benzene rings is 1. The van der Waals surface area contributed by atoms with Crippen LogP contribution in [-0.2, 0) is 10.3 Å². The smallest absolute Gasteiger partial charge is 0.244 e. The first-order chi connectivity index (χ1) is 9.31. The maximum absolute atomic E-state index is 12.5. The van der Waals surface area contributed by atoms with E-state index >= 15 is 0 Å². The van der Waals surface area contributed by atoms with Crippen molar-refractivity contribution in [1.82, 2.24) is 5.32 Å². The molecule has 2 rings (SSSR count). The van der Waals surface area contributed by atoms with Gasteiger partial charge in [0.05, 0.1) is 0 Å². The van der Waals surface area contributed by atoms with E-state index in [9.17, 15) is 4.79 Å². The Labute approximate surface area is 121 Å². The summed E-state index contributed by atoms with van der Waals surface area (Å²) in [5.41, 5.74) is 6.54. The fourth-order valence-electron chi connectivity index (χ4n) is 2.79. The van der Waals surface area contributed by atoms with E-state index in [2.05, 4.69) is 19.2 Å². The predicted octanol–water partition coefficient (Wildman–Crippen LogP) is 2.95. The molecule has 0 saturated heterocycles. The predicted molar refractivity (Wildman–Crippen MR) is 82.2 cm³/mol. The molecule has 3 N–H and O–H groups in total. The lowest BCUT2D eigenvalue weighted by molar-refractivity contribution is -0.127. The van der Waals surface area contributed by atoms with Crippen LogP contribution in [0.1, 0.15) is 52.0 Å². The van der Waals surface area contributed by atoms with Crippen molar-refractivity contribution in [3.8, 4) is 0 Å². The standard InChI is InChI=1S/C17H26N2O/c1-16(2)11-9-14(10-12-16)19-15(20)17(3,18)13-7-5-4-6-8-13/h4-8,14H,9-12,18H2,1-3H3,(H,19,20). The second-order valence-corrected chi connectivity index (χ2v) is 6.98. The van der Waals surface area contributed by atoms with Crippen LogP contribution in [0.2, 0.25) is 0 Å². The van der Waals surface area contributed by atoms with Gasteiger partial charge in [0, 0.05) is 6.04 Å². The number of nitrogens with two attached hydrogens (primary N) is 1. The molecule has 1 saturated carbocycles. The minimum atomic E-state index is -0.964. The highest BCUT2D eigenvalue weighted by molar-refractivity contribution is 5.87. The molecular weight excluding hydrogens is 248 g/mol. The highest BCUT2D eigenvalue weighted by Gasteiger charge is 2.34. The first-order valence-electron chi connectivity index (χ1n) is 7.47. The minimum absolute atomic E-state index is 0.0755. The average Bonchev–Trinajstić information content (AvgIpc) is 2.42. The molecule has 0 aromatic heterocycles. The zero-order valence-electron chi connectivity index (χ0n) is 12.8. The molecule has 1 atom stereocenters. The Balaban J connectivity index is 1.98. The van der Waals surface area contributed by atoms with Crippen molar-refractivity contribution in [2.24, 2.45) is 11.1 Å². The molecule has 3 nitrogen and oxygen atoms in total. The van der Waals surface area contributed by atoms with Gasteiger partial charge in [0.1, 0.15) is 5.54 Å². The third kappa shape index (κ3) is 3.40.